The monoisotopic (exact) mass is 553 g/mol. The summed E-state index contributed by atoms with van der Waals surface area (Å²) in [5.74, 6) is 0.888. The lowest BCUT2D eigenvalue weighted by Crippen LogP contribution is -2.14. The molecule has 206 valence electrons. The van der Waals surface area contributed by atoms with Gasteiger partial charge in [-0.15, -0.1) is 0 Å². The van der Waals surface area contributed by atoms with Gasteiger partial charge in [-0.05, 0) is 76.3 Å². The molecule has 1 aliphatic rings. The Hall–Kier alpha value is -5.41. The second kappa shape index (κ2) is 9.85. The smallest absolute Gasteiger partial charge is 0.162 e. The SMILES string of the molecule is CC1(C)c2ccccc2-c2ccc(-c3cn(-c4ccccc4)c4c(N(c5ccccc5)c5ccccc5)nccc34)cc21. The molecular weight excluding hydrogens is 522 g/mol. The molecule has 0 amide bonds. The molecule has 2 aromatic heterocycles. The van der Waals surface area contributed by atoms with Crippen LogP contribution in [0.3, 0.4) is 0 Å². The number of anilines is 3. The molecule has 2 heterocycles. The molecule has 7 aromatic rings. The number of fused-ring (bicyclic) bond motifs is 4. The van der Waals surface area contributed by atoms with Crippen LogP contribution < -0.4 is 4.90 Å². The molecule has 8 rings (SSSR count). The Kier molecular flexibility index (Phi) is 5.80. The van der Waals surface area contributed by atoms with Gasteiger partial charge in [0.1, 0.15) is 0 Å². The molecule has 0 radical (unpaired) electrons. The predicted molar refractivity (Wildman–Crippen MR) is 179 cm³/mol. The Morgan fingerprint density at radius 3 is 1.88 bits per heavy atom. The third kappa shape index (κ3) is 4.00. The van der Waals surface area contributed by atoms with Gasteiger partial charge in [0.05, 0.1) is 5.52 Å². The fourth-order valence-electron chi connectivity index (χ4n) is 6.77. The van der Waals surface area contributed by atoms with Crippen LogP contribution in [0.15, 0.2) is 152 Å². The molecule has 0 aliphatic heterocycles. The molecular formula is C40H31N3. The Morgan fingerprint density at radius 2 is 1.19 bits per heavy atom. The van der Waals surface area contributed by atoms with Crippen molar-refractivity contribution < 1.29 is 0 Å². The van der Waals surface area contributed by atoms with E-state index in [1.54, 1.807) is 0 Å². The third-order valence-corrected chi connectivity index (χ3v) is 8.86. The summed E-state index contributed by atoms with van der Waals surface area (Å²) in [5, 5.41) is 1.17. The van der Waals surface area contributed by atoms with Crippen molar-refractivity contribution in [2.75, 3.05) is 4.90 Å². The Balaban J connectivity index is 1.40. The lowest BCUT2D eigenvalue weighted by Gasteiger charge is -2.25. The Morgan fingerprint density at radius 1 is 0.581 bits per heavy atom. The van der Waals surface area contributed by atoms with Gasteiger partial charge in [-0.1, -0.05) is 105 Å². The first-order valence-corrected chi connectivity index (χ1v) is 14.8. The first kappa shape index (κ1) is 25.3. The van der Waals surface area contributed by atoms with Crippen molar-refractivity contribution in [2.45, 2.75) is 19.3 Å². The third-order valence-electron chi connectivity index (χ3n) is 8.86. The van der Waals surface area contributed by atoms with Crippen molar-refractivity contribution in [1.29, 1.82) is 0 Å². The molecule has 43 heavy (non-hydrogen) atoms. The van der Waals surface area contributed by atoms with Gasteiger partial charge in [0.25, 0.3) is 0 Å². The molecule has 3 heteroatoms. The molecule has 3 nitrogen and oxygen atoms in total. The van der Waals surface area contributed by atoms with E-state index in [1.165, 1.54) is 38.8 Å². The van der Waals surface area contributed by atoms with Gasteiger partial charge in [0, 0.05) is 45.8 Å². The fourth-order valence-corrected chi connectivity index (χ4v) is 6.77. The van der Waals surface area contributed by atoms with E-state index in [1.807, 2.05) is 6.20 Å². The molecule has 0 bridgehead atoms. The number of hydrogen-bond acceptors (Lipinski definition) is 2. The molecule has 0 spiro atoms. The minimum atomic E-state index is -0.0656. The maximum Gasteiger partial charge on any atom is 0.162 e. The highest BCUT2D eigenvalue weighted by Crippen LogP contribution is 2.50. The molecule has 0 saturated heterocycles. The van der Waals surface area contributed by atoms with Crippen molar-refractivity contribution in [3.05, 3.63) is 163 Å². The summed E-state index contributed by atoms with van der Waals surface area (Å²) in [6.07, 6.45) is 4.23. The van der Waals surface area contributed by atoms with Gasteiger partial charge in [-0.25, -0.2) is 4.98 Å². The van der Waals surface area contributed by atoms with Crippen molar-refractivity contribution in [3.8, 4) is 27.9 Å². The first-order chi connectivity index (χ1) is 21.1. The highest BCUT2D eigenvalue weighted by atomic mass is 15.2. The van der Waals surface area contributed by atoms with Crippen molar-refractivity contribution >= 4 is 28.1 Å². The largest absolute Gasteiger partial charge is 0.313 e. The minimum absolute atomic E-state index is 0.0656. The molecule has 5 aromatic carbocycles. The zero-order valence-electron chi connectivity index (χ0n) is 24.3. The summed E-state index contributed by atoms with van der Waals surface area (Å²) in [5.41, 5.74) is 12.1. The van der Waals surface area contributed by atoms with Crippen LogP contribution in [0, 0.1) is 0 Å². The number of pyridine rings is 1. The topological polar surface area (TPSA) is 21.1 Å². The van der Waals surface area contributed by atoms with Gasteiger partial charge in [-0.3, -0.25) is 4.90 Å². The number of rotatable bonds is 5. The summed E-state index contributed by atoms with van der Waals surface area (Å²) in [6, 6.07) is 49.6. The standard InChI is InChI=1S/C40H31N3/c1-40(2)36-21-13-12-20-32(36)33-23-22-28(26-37(33)40)35-27-42(29-14-6-3-7-15-29)38-34(35)24-25-41-39(38)43(30-16-8-4-9-17-30)31-18-10-5-11-19-31/h3-27H,1-2H3. The van der Waals surface area contributed by atoms with Crippen LogP contribution in [-0.4, -0.2) is 9.55 Å². The van der Waals surface area contributed by atoms with Crippen LogP contribution in [0.25, 0.3) is 38.8 Å². The lowest BCUT2D eigenvalue weighted by molar-refractivity contribution is 0.660. The predicted octanol–water partition coefficient (Wildman–Crippen LogP) is 10.5. The van der Waals surface area contributed by atoms with Crippen LogP contribution in [0.2, 0.25) is 0 Å². The van der Waals surface area contributed by atoms with Crippen LogP contribution in [0.1, 0.15) is 25.0 Å². The van der Waals surface area contributed by atoms with E-state index in [0.29, 0.717) is 0 Å². The maximum atomic E-state index is 5.07. The first-order valence-electron chi connectivity index (χ1n) is 14.8. The Bertz CT molecular complexity index is 2050. The normalized spacial score (nSPS) is 13.1. The molecule has 1 aliphatic carbocycles. The second-order valence-corrected chi connectivity index (χ2v) is 11.7. The average molecular weight is 554 g/mol. The van der Waals surface area contributed by atoms with Crippen LogP contribution in [-0.2, 0) is 5.41 Å². The molecule has 0 saturated carbocycles. The van der Waals surface area contributed by atoms with Gasteiger partial charge in [0.15, 0.2) is 5.82 Å². The number of para-hydroxylation sites is 3. The van der Waals surface area contributed by atoms with E-state index in [2.05, 4.69) is 169 Å². The minimum Gasteiger partial charge on any atom is -0.313 e. The van der Waals surface area contributed by atoms with Gasteiger partial charge in [0.2, 0.25) is 0 Å². The lowest BCUT2D eigenvalue weighted by atomic mass is 9.81. The van der Waals surface area contributed by atoms with Crippen LogP contribution in [0.5, 0.6) is 0 Å². The number of nitrogens with zero attached hydrogens (tertiary/aromatic N) is 3. The van der Waals surface area contributed by atoms with E-state index < -0.39 is 0 Å². The maximum absolute atomic E-state index is 5.07. The van der Waals surface area contributed by atoms with E-state index in [9.17, 15) is 0 Å². The summed E-state index contributed by atoms with van der Waals surface area (Å²) >= 11 is 0. The highest BCUT2D eigenvalue weighted by Gasteiger charge is 2.35. The zero-order chi connectivity index (χ0) is 29.0. The summed E-state index contributed by atoms with van der Waals surface area (Å²) in [6.45, 7) is 4.68. The van der Waals surface area contributed by atoms with Crippen molar-refractivity contribution in [2.24, 2.45) is 0 Å². The summed E-state index contributed by atoms with van der Waals surface area (Å²) in [4.78, 5) is 7.32. The number of benzene rings is 5. The van der Waals surface area contributed by atoms with Crippen molar-refractivity contribution in [1.82, 2.24) is 9.55 Å². The van der Waals surface area contributed by atoms with E-state index in [0.717, 1.165) is 28.4 Å². The van der Waals surface area contributed by atoms with Crippen molar-refractivity contribution in [3.63, 3.8) is 0 Å². The number of hydrogen-bond donors (Lipinski definition) is 0. The quantitative estimate of drug-likeness (QED) is 0.211. The van der Waals surface area contributed by atoms with Crippen LogP contribution in [0.4, 0.5) is 17.2 Å². The number of aromatic nitrogens is 2. The van der Waals surface area contributed by atoms with Gasteiger partial charge >= 0.3 is 0 Å². The van der Waals surface area contributed by atoms with E-state index >= 15 is 0 Å². The van der Waals surface area contributed by atoms with Gasteiger partial charge < -0.3 is 4.57 Å². The fraction of sp³-hybridized carbons (Fsp3) is 0.0750. The van der Waals surface area contributed by atoms with Crippen LogP contribution >= 0.6 is 0 Å². The van der Waals surface area contributed by atoms with Gasteiger partial charge in [-0.2, -0.15) is 0 Å². The second-order valence-electron chi connectivity index (χ2n) is 11.7. The average Bonchev–Trinajstić information content (AvgIpc) is 3.56. The van der Waals surface area contributed by atoms with E-state index in [4.69, 9.17) is 4.98 Å². The Labute approximate surface area is 252 Å². The van der Waals surface area contributed by atoms with E-state index in [-0.39, 0.29) is 5.41 Å². The molecule has 0 fully saturated rings. The zero-order valence-corrected chi connectivity index (χ0v) is 24.3. The highest BCUT2D eigenvalue weighted by molar-refractivity contribution is 6.04. The molecule has 0 N–H and O–H groups in total. The summed E-state index contributed by atoms with van der Waals surface area (Å²) in [7, 11) is 0. The molecule has 0 unspecified atom stereocenters. The summed E-state index contributed by atoms with van der Waals surface area (Å²) < 4.78 is 2.30. The molecule has 0 atom stereocenters.